The molecule has 0 radical (unpaired) electrons. The number of carbonyl (C=O) groups excluding carboxylic acids is 1. The van der Waals surface area contributed by atoms with Gasteiger partial charge in [0.05, 0.1) is 0 Å². The summed E-state index contributed by atoms with van der Waals surface area (Å²) in [4.78, 5) is 11.9. The Kier molecular flexibility index (Phi) is 6.97. The van der Waals surface area contributed by atoms with E-state index in [9.17, 15) is 4.79 Å². The third kappa shape index (κ3) is 4.82. The van der Waals surface area contributed by atoms with Crippen LogP contribution in [0.15, 0.2) is 23.8 Å². The summed E-state index contributed by atoms with van der Waals surface area (Å²) in [5.74, 6) is 0.346. The molecular weight excluding hydrogens is 232 g/mol. The van der Waals surface area contributed by atoms with Crippen molar-refractivity contribution >= 4 is 23.6 Å². The Labute approximate surface area is 109 Å². The Bertz CT molecular complexity index is 327. The number of rotatable bonds is 2. The van der Waals surface area contributed by atoms with Crippen LogP contribution in [0.1, 0.15) is 40.5 Å². The van der Waals surface area contributed by atoms with Gasteiger partial charge in [-0.1, -0.05) is 31.6 Å². The van der Waals surface area contributed by atoms with E-state index in [-0.39, 0.29) is 17.1 Å². The number of thiocarbonyl (C=S) groups is 1. The molecule has 0 heterocycles. The predicted molar refractivity (Wildman–Crippen MR) is 76.4 cm³/mol. The second kappa shape index (κ2) is 7.38. The largest absolute Gasteiger partial charge is 0.504 e. The van der Waals surface area contributed by atoms with Crippen molar-refractivity contribution in [1.82, 2.24) is 0 Å². The van der Waals surface area contributed by atoms with E-state index in [1.54, 1.807) is 6.08 Å². The van der Waals surface area contributed by atoms with Gasteiger partial charge in [0.15, 0.2) is 5.78 Å². The maximum Gasteiger partial charge on any atom is 0.162 e. The van der Waals surface area contributed by atoms with Gasteiger partial charge in [-0.05, 0) is 50.4 Å². The summed E-state index contributed by atoms with van der Waals surface area (Å²) < 4.78 is 0. The van der Waals surface area contributed by atoms with Gasteiger partial charge in [-0.2, -0.15) is 0 Å². The molecule has 1 aliphatic carbocycles. The molecule has 1 rings (SSSR count). The van der Waals surface area contributed by atoms with Crippen LogP contribution in [0.3, 0.4) is 0 Å². The van der Waals surface area contributed by atoms with Gasteiger partial charge in [0, 0.05) is 5.92 Å². The lowest BCUT2D eigenvalue weighted by Crippen LogP contribution is -2.33. The first-order valence-electron chi connectivity index (χ1n) is 5.81. The van der Waals surface area contributed by atoms with Crippen molar-refractivity contribution in [2.24, 2.45) is 11.3 Å². The predicted octanol–water partition coefficient (Wildman–Crippen LogP) is 4.02. The second-order valence-electron chi connectivity index (χ2n) is 4.92. The van der Waals surface area contributed by atoms with Crippen LogP contribution in [0.5, 0.6) is 0 Å². The van der Waals surface area contributed by atoms with Crippen LogP contribution in [0.25, 0.3) is 0 Å². The minimum Gasteiger partial charge on any atom is -0.504 e. The molecule has 0 aliphatic heterocycles. The summed E-state index contributed by atoms with van der Waals surface area (Å²) in [7, 11) is 0. The van der Waals surface area contributed by atoms with Crippen LogP contribution < -0.4 is 0 Å². The highest BCUT2D eigenvalue weighted by atomic mass is 32.1. The smallest absolute Gasteiger partial charge is 0.162 e. The Morgan fingerprint density at radius 2 is 2.12 bits per heavy atom. The lowest BCUT2D eigenvalue weighted by molar-refractivity contribution is -0.120. The van der Waals surface area contributed by atoms with Gasteiger partial charge in [0.25, 0.3) is 0 Å². The molecule has 1 N–H and O–H groups in total. The summed E-state index contributed by atoms with van der Waals surface area (Å²) in [6.07, 6.45) is 7.96. The van der Waals surface area contributed by atoms with Gasteiger partial charge < -0.3 is 5.11 Å². The SMILES string of the molecule is C/C=C/C(=O)C1C(C)=CCCC1(C)C.OC=S. The molecule has 96 valence electrons. The van der Waals surface area contributed by atoms with Crippen molar-refractivity contribution in [3.8, 4) is 0 Å². The molecule has 0 saturated heterocycles. The van der Waals surface area contributed by atoms with Crippen LogP contribution in [-0.4, -0.2) is 16.4 Å². The van der Waals surface area contributed by atoms with Crippen LogP contribution in [0.4, 0.5) is 0 Å². The van der Waals surface area contributed by atoms with E-state index in [1.165, 1.54) is 5.57 Å². The maximum atomic E-state index is 11.9. The average Bonchev–Trinajstić information content (AvgIpc) is 2.17. The highest BCUT2D eigenvalue weighted by Gasteiger charge is 2.36. The molecule has 17 heavy (non-hydrogen) atoms. The quantitative estimate of drug-likeness (QED) is 0.459. The Balaban J connectivity index is 0.000000770. The number of aliphatic hydroxyl groups excluding tert-OH is 1. The molecule has 3 heteroatoms. The summed E-state index contributed by atoms with van der Waals surface area (Å²) in [5.41, 5.74) is 1.94. The summed E-state index contributed by atoms with van der Waals surface area (Å²) >= 11 is 3.82. The molecule has 1 atom stereocenters. The van der Waals surface area contributed by atoms with E-state index in [0.717, 1.165) is 12.8 Å². The molecule has 0 aromatic rings. The minimum atomic E-state index is 0.0902. The standard InChI is InChI=1S/C13H20O.CH2OS/c1-5-7-11(14)12-10(2)8-6-9-13(12,3)4;2-1-3/h5,7-8,12H,6,9H2,1-4H3;1H,(H,2,3)/b7-5+;. The number of carbonyl (C=O) groups is 1. The second-order valence-corrected chi connectivity index (χ2v) is 5.13. The zero-order valence-corrected chi connectivity index (χ0v) is 11.9. The van der Waals surface area contributed by atoms with Gasteiger partial charge >= 0.3 is 0 Å². The molecule has 1 unspecified atom stereocenters. The first kappa shape index (κ1) is 16.0. The lowest BCUT2D eigenvalue weighted by Gasteiger charge is -2.36. The fraction of sp³-hybridized carbons (Fsp3) is 0.571. The molecule has 2 nitrogen and oxygen atoms in total. The first-order chi connectivity index (χ1) is 7.90. The lowest BCUT2D eigenvalue weighted by atomic mass is 9.67. The molecule has 0 aromatic heterocycles. The van der Waals surface area contributed by atoms with Crippen molar-refractivity contribution in [3.05, 3.63) is 23.8 Å². The minimum absolute atomic E-state index is 0.0902. The number of hydrogen-bond acceptors (Lipinski definition) is 2. The number of hydrogen-bond donors (Lipinski definition) is 1. The Morgan fingerprint density at radius 3 is 2.53 bits per heavy atom. The normalized spacial score (nSPS) is 22.4. The van der Waals surface area contributed by atoms with Crippen LogP contribution >= 0.6 is 12.2 Å². The highest BCUT2D eigenvalue weighted by molar-refractivity contribution is 7.78. The molecule has 1 aliphatic rings. The van der Waals surface area contributed by atoms with Crippen molar-refractivity contribution in [1.29, 1.82) is 0 Å². The molecule has 0 fully saturated rings. The molecule has 0 bridgehead atoms. The molecule has 0 amide bonds. The van der Waals surface area contributed by atoms with Crippen LogP contribution in [0.2, 0.25) is 0 Å². The third-order valence-corrected chi connectivity index (χ3v) is 3.11. The number of ketones is 1. The Morgan fingerprint density at radius 1 is 1.59 bits per heavy atom. The molecule has 0 spiro atoms. The fourth-order valence-corrected chi connectivity index (χ4v) is 2.42. The first-order valence-corrected chi connectivity index (χ1v) is 6.29. The monoisotopic (exact) mass is 254 g/mol. The van der Waals surface area contributed by atoms with E-state index >= 15 is 0 Å². The van der Waals surface area contributed by atoms with Crippen LogP contribution in [-0.2, 0) is 4.79 Å². The van der Waals surface area contributed by atoms with Gasteiger partial charge in [-0.25, -0.2) is 0 Å². The van der Waals surface area contributed by atoms with E-state index < -0.39 is 0 Å². The average molecular weight is 254 g/mol. The van der Waals surface area contributed by atoms with Crippen molar-refractivity contribution < 1.29 is 9.90 Å². The molecule has 0 saturated carbocycles. The van der Waals surface area contributed by atoms with Crippen molar-refractivity contribution in [2.75, 3.05) is 0 Å². The summed E-state index contributed by atoms with van der Waals surface area (Å²) in [6, 6.07) is 0. The Hall–Kier alpha value is -0.960. The topological polar surface area (TPSA) is 37.3 Å². The number of allylic oxidation sites excluding steroid dienone is 4. The van der Waals surface area contributed by atoms with Crippen molar-refractivity contribution in [2.45, 2.75) is 40.5 Å². The van der Waals surface area contributed by atoms with E-state index in [0.29, 0.717) is 5.55 Å². The van der Waals surface area contributed by atoms with Crippen molar-refractivity contribution in [3.63, 3.8) is 0 Å². The van der Waals surface area contributed by atoms with E-state index in [4.69, 9.17) is 5.11 Å². The van der Waals surface area contributed by atoms with Gasteiger partial charge in [-0.3, -0.25) is 4.79 Å². The van der Waals surface area contributed by atoms with E-state index in [1.807, 2.05) is 13.0 Å². The molecular formula is C14H22O2S. The summed E-state index contributed by atoms with van der Waals surface area (Å²) in [6.45, 7) is 8.35. The van der Waals surface area contributed by atoms with Gasteiger partial charge in [-0.15, -0.1) is 0 Å². The molecule has 0 aromatic carbocycles. The fourth-order valence-electron chi connectivity index (χ4n) is 2.42. The zero-order valence-electron chi connectivity index (χ0n) is 11.1. The van der Waals surface area contributed by atoms with Crippen LogP contribution in [0, 0.1) is 11.3 Å². The van der Waals surface area contributed by atoms with Gasteiger partial charge in [0.2, 0.25) is 0 Å². The maximum absolute atomic E-state index is 11.9. The highest BCUT2D eigenvalue weighted by Crippen LogP contribution is 2.41. The number of aliphatic hydroxyl groups is 1. The summed E-state index contributed by atoms with van der Waals surface area (Å²) in [5, 5.41) is 7.26. The van der Waals surface area contributed by atoms with Gasteiger partial charge in [0.1, 0.15) is 5.55 Å². The third-order valence-electron chi connectivity index (χ3n) is 3.11. The van der Waals surface area contributed by atoms with E-state index in [2.05, 4.69) is 39.1 Å². The zero-order chi connectivity index (χ0) is 13.5.